The third-order valence-corrected chi connectivity index (χ3v) is 2.70. The fourth-order valence-corrected chi connectivity index (χ4v) is 1.78. The maximum atomic E-state index is 9.06. The van der Waals surface area contributed by atoms with Crippen molar-refractivity contribution in [2.45, 2.75) is 13.0 Å². The molecular weight excluding hydrogens is 195 g/mol. The van der Waals surface area contributed by atoms with Gasteiger partial charge in [-0.3, -0.25) is 0 Å². The zero-order valence-corrected chi connectivity index (χ0v) is 9.48. The summed E-state index contributed by atoms with van der Waals surface area (Å²) in [5.74, 6) is 0. The van der Waals surface area contributed by atoms with Crippen molar-refractivity contribution in [3.63, 3.8) is 0 Å². The maximum absolute atomic E-state index is 9.06. The highest BCUT2D eigenvalue weighted by Gasteiger charge is 1.97. The van der Waals surface area contributed by atoms with Crippen LogP contribution in [0.5, 0.6) is 0 Å². The van der Waals surface area contributed by atoms with Crippen molar-refractivity contribution in [2.75, 3.05) is 0 Å². The van der Waals surface area contributed by atoms with Gasteiger partial charge in [0.15, 0.2) is 0 Å². The van der Waals surface area contributed by atoms with Gasteiger partial charge in [-0.2, -0.15) is 0 Å². The molecule has 1 nitrogen and oxygen atoms in total. The van der Waals surface area contributed by atoms with Gasteiger partial charge in [0.2, 0.25) is 0 Å². The van der Waals surface area contributed by atoms with Crippen molar-refractivity contribution in [3.05, 3.63) is 65.2 Å². The van der Waals surface area contributed by atoms with E-state index in [1.165, 1.54) is 16.6 Å². The molecule has 0 aliphatic carbocycles. The standard InChI is InChI=1S/C14H15BO/c15-14-6-4-11(5-7-14)8-12-2-1-3-13(9-12)10-16/h1-7,9,16H,8,10,15H2. The number of benzene rings is 2. The summed E-state index contributed by atoms with van der Waals surface area (Å²) in [7, 11) is 2.09. The van der Waals surface area contributed by atoms with E-state index in [2.05, 4.69) is 44.2 Å². The lowest BCUT2D eigenvalue weighted by molar-refractivity contribution is 0.281. The van der Waals surface area contributed by atoms with E-state index in [0.717, 1.165) is 12.0 Å². The normalized spacial score (nSPS) is 10.3. The third-order valence-electron chi connectivity index (χ3n) is 2.70. The van der Waals surface area contributed by atoms with Gasteiger partial charge in [0.25, 0.3) is 0 Å². The van der Waals surface area contributed by atoms with E-state index in [1.54, 1.807) is 0 Å². The Morgan fingerprint density at radius 1 is 0.875 bits per heavy atom. The Labute approximate surface area is 97.2 Å². The fourth-order valence-electron chi connectivity index (χ4n) is 1.78. The third kappa shape index (κ3) is 2.74. The van der Waals surface area contributed by atoms with Gasteiger partial charge in [0.1, 0.15) is 7.85 Å². The zero-order valence-electron chi connectivity index (χ0n) is 9.48. The smallest absolute Gasteiger partial charge is 0.139 e. The van der Waals surface area contributed by atoms with E-state index in [-0.39, 0.29) is 6.61 Å². The van der Waals surface area contributed by atoms with E-state index in [0.29, 0.717) is 0 Å². The first-order chi connectivity index (χ1) is 7.78. The van der Waals surface area contributed by atoms with Crippen LogP contribution in [0, 0.1) is 0 Å². The van der Waals surface area contributed by atoms with Gasteiger partial charge in [0, 0.05) is 0 Å². The molecule has 2 aromatic carbocycles. The Morgan fingerprint density at radius 2 is 1.56 bits per heavy atom. The minimum atomic E-state index is 0.113. The first-order valence-electron chi connectivity index (χ1n) is 5.52. The second-order valence-electron chi connectivity index (χ2n) is 4.14. The zero-order chi connectivity index (χ0) is 11.4. The molecule has 0 radical (unpaired) electrons. The second kappa shape index (κ2) is 5.00. The van der Waals surface area contributed by atoms with Crippen LogP contribution in [0.15, 0.2) is 48.5 Å². The molecule has 1 N–H and O–H groups in total. The fraction of sp³-hybridized carbons (Fsp3) is 0.143. The minimum absolute atomic E-state index is 0.113. The van der Waals surface area contributed by atoms with Crippen molar-refractivity contribution >= 4 is 13.3 Å². The molecule has 0 aliphatic heterocycles. The van der Waals surface area contributed by atoms with Crippen LogP contribution in [0.3, 0.4) is 0 Å². The summed E-state index contributed by atoms with van der Waals surface area (Å²) in [6, 6.07) is 16.7. The van der Waals surface area contributed by atoms with Crippen molar-refractivity contribution in [1.29, 1.82) is 0 Å². The maximum Gasteiger partial charge on any atom is 0.139 e. The quantitative estimate of drug-likeness (QED) is 0.750. The first kappa shape index (κ1) is 11.0. The molecule has 2 heteroatoms. The summed E-state index contributed by atoms with van der Waals surface area (Å²) >= 11 is 0. The molecule has 0 spiro atoms. The van der Waals surface area contributed by atoms with E-state index < -0.39 is 0 Å². The van der Waals surface area contributed by atoms with Gasteiger partial charge in [-0.25, -0.2) is 0 Å². The van der Waals surface area contributed by atoms with Crippen LogP contribution in [0.2, 0.25) is 0 Å². The molecule has 2 rings (SSSR count). The number of aliphatic hydroxyl groups is 1. The molecule has 0 aliphatic rings. The highest BCUT2D eigenvalue weighted by Crippen LogP contribution is 2.10. The average Bonchev–Trinajstić information content (AvgIpc) is 2.32. The highest BCUT2D eigenvalue weighted by atomic mass is 16.3. The second-order valence-corrected chi connectivity index (χ2v) is 4.14. The molecular formula is C14H15BO. The van der Waals surface area contributed by atoms with Crippen LogP contribution < -0.4 is 5.46 Å². The van der Waals surface area contributed by atoms with Crippen LogP contribution in [0.1, 0.15) is 16.7 Å². The first-order valence-corrected chi connectivity index (χ1v) is 5.52. The van der Waals surface area contributed by atoms with Crippen LogP contribution in [-0.2, 0) is 13.0 Å². The molecule has 0 aromatic heterocycles. The van der Waals surface area contributed by atoms with E-state index in [4.69, 9.17) is 5.11 Å². The predicted molar refractivity (Wildman–Crippen MR) is 69.8 cm³/mol. The summed E-state index contributed by atoms with van der Waals surface area (Å²) in [4.78, 5) is 0. The van der Waals surface area contributed by atoms with Crippen LogP contribution in [0.4, 0.5) is 0 Å². The number of hydrogen-bond acceptors (Lipinski definition) is 1. The minimum Gasteiger partial charge on any atom is -0.392 e. The molecule has 2 aromatic rings. The molecule has 16 heavy (non-hydrogen) atoms. The van der Waals surface area contributed by atoms with Crippen molar-refractivity contribution in [3.8, 4) is 0 Å². The lowest BCUT2D eigenvalue weighted by Crippen LogP contribution is -2.01. The number of aliphatic hydroxyl groups excluding tert-OH is 1. The molecule has 0 unspecified atom stereocenters. The summed E-state index contributed by atoms with van der Waals surface area (Å²) in [5, 5.41) is 9.06. The van der Waals surface area contributed by atoms with Crippen LogP contribution >= 0.6 is 0 Å². The van der Waals surface area contributed by atoms with Gasteiger partial charge < -0.3 is 5.11 Å². The molecule has 0 bridgehead atoms. The van der Waals surface area contributed by atoms with Crippen molar-refractivity contribution in [1.82, 2.24) is 0 Å². The molecule has 0 atom stereocenters. The topological polar surface area (TPSA) is 20.2 Å². The average molecular weight is 210 g/mol. The Balaban J connectivity index is 2.16. The van der Waals surface area contributed by atoms with Gasteiger partial charge in [-0.1, -0.05) is 54.0 Å². The molecule has 0 saturated carbocycles. The molecule has 0 fully saturated rings. The number of rotatable bonds is 3. The summed E-state index contributed by atoms with van der Waals surface area (Å²) in [6.07, 6.45) is 0.925. The largest absolute Gasteiger partial charge is 0.392 e. The van der Waals surface area contributed by atoms with Crippen LogP contribution in [0.25, 0.3) is 0 Å². The Hall–Kier alpha value is -1.54. The molecule has 0 saturated heterocycles. The van der Waals surface area contributed by atoms with E-state index in [9.17, 15) is 0 Å². The summed E-state index contributed by atoms with van der Waals surface area (Å²) in [6.45, 7) is 0.113. The molecule has 80 valence electrons. The van der Waals surface area contributed by atoms with Crippen molar-refractivity contribution in [2.24, 2.45) is 0 Å². The Kier molecular flexibility index (Phi) is 3.42. The Bertz CT molecular complexity index is 462. The summed E-state index contributed by atoms with van der Waals surface area (Å²) in [5.41, 5.74) is 4.81. The SMILES string of the molecule is Bc1ccc(Cc2cccc(CO)c2)cc1. The van der Waals surface area contributed by atoms with Gasteiger partial charge in [-0.15, -0.1) is 0 Å². The van der Waals surface area contributed by atoms with Gasteiger partial charge >= 0.3 is 0 Å². The molecule has 0 amide bonds. The van der Waals surface area contributed by atoms with Gasteiger partial charge in [0.05, 0.1) is 6.61 Å². The van der Waals surface area contributed by atoms with Crippen LogP contribution in [-0.4, -0.2) is 13.0 Å². The predicted octanol–water partition coefficient (Wildman–Crippen LogP) is 1.03. The van der Waals surface area contributed by atoms with E-state index >= 15 is 0 Å². The van der Waals surface area contributed by atoms with Crippen molar-refractivity contribution < 1.29 is 5.11 Å². The highest BCUT2D eigenvalue weighted by molar-refractivity contribution is 6.32. The lowest BCUT2D eigenvalue weighted by Gasteiger charge is -2.04. The Morgan fingerprint density at radius 3 is 2.25 bits per heavy atom. The van der Waals surface area contributed by atoms with Gasteiger partial charge in [-0.05, 0) is 23.1 Å². The summed E-state index contributed by atoms with van der Waals surface area (Å²) < 4.78 is 0. The number of hydrogen-bond donors (Lipinski definition) is 1. The van der Waals surface area contributed by atoms with E-state index in [1.807, 2.05) is 12.1 Å². The monoisotopic (exact) mass is 210 g/mol. The molecule has 0 heterocycles. The lowest BCUT2D eigenvalue weighted by atomic mass is 9.94.